The molecule has 5 atom stereocenters. The van der Waals surface area contributed by atoms with Gasteiger partial charge in [-0.25, -0.2) is 0 Å². The highest BCUT2D eigenvalue weighted by Crippen LogP contribution is 2.23. The summed E-state index contributed by atoms with van der Waals surface area (Å²) in [6.07, 6.45) is -4.48. The predicted octanol–water partition coefficient (Wildman–Crippen LogP) is -1.25. The van der Waals surface area contributed by atoms with Gasteiger partial charge < -0.3 is 24.8 Å². The van der Waals surface area contributed by atoms with Crippen molar-refractivity contribution in [2.45, 2.75) is 30.6 Å². The van der Waals surface area contributed by atoms with Crippen molar-refractivity contribution in [3.05, 3.63) is 10.4 Å². The van der Waals surface area contributed by atoms with Crippen LogP contribution in [0.4, 0.5) is 0 Å². The van der Waals surface area contributed by atoms with Crippen molar-refractivity contribution in [1.29, 1.82) is 0 Å². The molecule has 3 unspecified atom stereocenters. The largest absolute Gasteiger partial charge is 0.394 e. The molecular formula is C7H13N3O5. The van der Waals surface area contributed by atoms with E-state index in [1.54, 1.807) is 0 Å². The predicted molar refractivity (Wildman–Crippen MR) is 47.7 cm³/mol. The Bertz CT molecular complexity index is 241. The zero-order valence-electron chi connectivity index (χ0n) is 8.09. The number of aliphatic hydroxyl groups is 3. The van der Waals surface area contributed by atoms with Gasteiger partial charge >= 0.3 is 0 Å². The van der Waals surface area contributed by atoms with E-state index in [2.05, 4.69) is 10.0 Å². The molecule has 1 aliphatic heterocycles. The molecule has 8 nitrogen and oxygen atoms in total. The Morgan fingerprint density at radius 1 is 1.47 bits per heavy atom. The van der Waals surface area contributed by atoms with Crippen LogP contribution in [0.5, 0.6) is 0 Å². The number of nitrogens with zero attached hydrogens (tertiary/aromatic N) is 3. The molecule has 0 aromatic heterocycles. The van der Waals surface area contributed by atoms with Crippen LogP contribution in [0.25, 0.3) is 10.4 Å². The fourth-order valence-corrected chi connectivity index (χ4v) is 1.46. The van der Waals surface area contributed by atoms with Crippen molar-refractivity contribution in [2.75, 3.05) is 13.7 Å². The molecule has 0 saturated carbocycles. The molecule has 0 radical (unpaired) electrons. The minimum atomic E-state index is -1.26. The first kappa shape index (κ1) is 12.2. The Hall–Kier alpha value is -0.890. The van der Waals surface area contributed by atoms with Crippen LogP contribution in [0, 0.1) is 0 Å². The fraction of sp³-hybridized carbons (Fsp3) is 1.00. The monoisotopic (exact) mass is 219 g/mol. The quantitative estimate of drug-likeness (QED) is 0.310. The first-order valence-electron chi connectivity index (χ1n) is 4.35. The Labute approximate surface area is 85.7 Å². The highest BCUT2D eigenvalue weighted by Gasteiger charge is 2.43. The van der Waals surface area contributed by atoms with Gasteiger partial charge in [0.1, 0.15) is 12.2 Å². The summed E-state index contributed by atoms with van der Waals surface area (Å²) in [6.45, 7) is -0.453. The number of azide groups is 1. The third-order valence-electron chi connectivity index (χ3n) is 2.27. The number of aliphatic hydroxyl groups excluding tert-OH is 3. The maximum Gasteiger partial charge on any atom is 0.184 e. The maximum atomic E-state index is 9.59. The van der Waals surface area contributed by atoms with Gasteiger partial charge in [-0.2, -0.15) is 0 Å². The molecule has 15 heavy (non-hydrogen) atoms. The van der Waals surface area contributed by atoms with Crippen LogP contribution in [0.15, 0.2) is 5.11 Å². The van der Waals surface area contributed by atoms with Crippen LogP contribution in [0.2, 0.25) is 0 Å². The molecule has 1 aliphatic rings. The van der Waals surface area contributed by atoms with E-state index in [1.807, 2.05) is 0 Å². The zero-order chi connectivity index (χ0) is 11.4. The molecule has 1 fully saturated rings. The SMILES string of the molecule is COC1OC(CO)[C@@H](O)C(N=[N+]=[N-])[C@@H]1O. The number of hydrogen-bond donors (Lipinski definition) is 3. The maximum absolute atomic E-state index is 9.59. The molecule has 86 valence electrons. The van der Waals surface area contributed by atoms with Gasteiger partial charge in [0.2, 0.25) is 0 Å². The van der Waals surface area contributed by atoms with Gasteiger partial charge in [0.05, 0.1) is 18.8 Å². The fourth-order valence-electron chi connectivity index (χ4n) is 1.46. The first-order valence-corrected chi connectivity index (χ1v) is 4.35. The van der Waals surface area contributed by atoms with E-state index in [4.69, 9.17) is 20.1 Å². The Balaban J connectivity index is 2.85. The van der Waals surface area contributed by atoms with Crippen molar-refractivity contribution in [3.63, 3.8) is 0 Å². The molecule has 0 aromatic rings. The second-order valence-corrected chi connectivity index (χ2v) is 3.14. The summed E-state index contributed by atoms with van der Waals surface area (Å²) in [6, 6.07) is -1.09. The Kier molecular flexibility index (Phi) is 4.28. The van der Waals surface area contributed by atoms with Gasteiger partial charge in [-0.1, -0.05) is 5.11 Å². The molecule has 1 saturated heterocycles. The van der Waals surface area contributed by atoms with Crippen LogP contribution in [0.3, 0.4) is 0 Å². The summed E-state index contributed by atoms with van der Waals surface area (Å²) in [5.74, 6) is 0. The van der Waals surface area contributed by atoms with E-state index in [9.17, 15) is 10.2 Å². The molecule has 1 heterocycles. The van der Waals surface area contributed by atoms with Crippen LogP contribution in [-0.2, 0) is 9.47 Å². The molecule has 3 N–H and O–H groups in total. The van der Waals surface area contributed by atoms with Gasteiger partial charge in [-0.3, -0.25) is 0 Å². The number of ether oxygens (including phenoxy) is 2. The second kappa shape index (κ2) is 5.26. The van der Waals surface area contributed by atoms with Gasteiger partial charge in [-0.15, -0.1) is 0 Å². The third-order valence-corrected chi connectivity index (χ3v) is 2.27. The van der Waals surface area contributed by atoms with Crippen molar-refractivity contribution >= 4 is 0 Å². The van der Waals surface area contributed by atoms with Gasteiger partial charge in [-0.05, 0) is 5.53 Å². The van der Waals surface area contributed by atoms with Crippen molar-refractivity contribution in [3.8, 4) is 0 Å². The Morgan fingerprint density at radius 2 is 2.13 bits per heavy atom. The summed E-state index contributed by atoms with van der Waals surface area (Å²) in [7, 11) is 1.30. The van der Waals surface area contributed by atoms with Gasteiger partial charge in [0.25, 0.3) is 0 Å². The van der Waals surface area contributed by atoms with E-state index in [-0.39, 0.29) is 0 Å². The lowest BCUT2D eigenvalue weighted by Crippen LogP contribution is -2.58. The third kappa shape index (κ3) is 2.37. The highest BCUT2D eigenvalue weighted by molar-refractivity contribution is 4.94. The molecule has 0 aliphatic carbocycles. The number of methoxy groups -OCH3 is 1. The molecule has 0 spiro atoms. The molecule has 0 amide bonds. The minimum absolute atomic E-state index is 0.453. The van der Waals surface area contributed by atoms with E-state index in [0.717, 1.165) is 0 Å². The summed E-state index contributed by atoms with van der Waals surface area (Å²) >= 11 is 0. The van der Waals surface area contributed by atoms with Crippen LogP contribution in [-0.4, -0.2) is 59.7 Å². The lowest BCUT2D eigenvalue weighted by atomic mass is 9.97. The summed E-state index contributed by atoms with van der Waals surface area (Å²) in [5.41, 5.74) is 8.26. The lowest BCUT2D eigenvalue weighted by Gasteiger charge is -2.39. The Morgan fingerprint density at radius 3 is 2.60 bits per heavy atom. The molecular weight excluding hydrogens is 206 g/mol. The van der Waals surface area contributed by atoms with E-state index < -0.39 is 37.3 Å². The normalized spacial score (nSPS) is 40.9. The smallest absolute Gasteiger partial charge is 0.184 e. The average Bonchev–Trinajstić information content (AvgIpc) is 2.25. The van der Waals surface area contributed by atoms with E-state index >= 15 is 0 Å². The van der Waals surface area contributed by atoms with Gasteiger partial charge in [0.15, 0.2) is 6.29 Å². The van der Waals surface area contributed by atoms with E-state index in [0.29, 0.717) is 0 Å². The summed E-state index contributed by atoms with van der Waals surface area (Å²) in [5, 5.41) is 31.3. The van der Waals surface area contributed by atoms with Crippen LogP contribution < -0.4 is 0 Å². The van der Waals surface area contributed by atoms with Crippen LogP contribution in [0.1, 0.15) is 0 Å². The standard InChI is InChI=1S/C7H13N3O5/c1-14-7-6(13)4(9-10-8)5(12)3(2-11)15-7/h3-7,11-13H,2H2,1H3/t3?,4?,5-,6+,7?/m1/s1. The average molecular weight is 219 g/mol. The summed E-state index contributed by atoms with van der Waals surface area (Å²) in [4.78, 5) is 2.51. The minimum Gasteiger partial charge on any atom is -0.394 e. The second-order valence-electron chi connectivity index (χ2n) is 3.14. The summed E-state index contributed by atoms with van der Waals surface area (Å²) < 4.78 is 9.81. The number of rotatable bonds is 3. The molecule has 0 bridgehead atoms. The first-order chi connectivity index (χ1) is 7.15. The van der Waals surface area contributed by atoms with Crippen molar-refractivity contribution in [2.24, 2.45) is 5.11 Å². The van der Waals surface area contributed by atoms with Crippen molar-refractivity contribution in [1.82, 2.24) is 0 Å². The van der Waals surface area contributed by atoms with Crippen molar-refractivity contribution < 1.29 is 24.8 Å². The lowest BCUT2D eigenvalue weighted by molar-refractivity contribution is -0.267. The van der Waals surface area contributed by atoms with Gasteiger partial charge in [0, 0.05) is 12.0 Å². The zero-order valence-corrected chi connectivity index (χ0v) is 8.09. The molecule has 0 aromatic carbocycles. The molecule has 1 rings (SSSR count). The topological polar surface area (TPSA) is 128 Å². The highest BCUT2D eigenvalue weighted by atomic mass is 16.7. The molecule has 8 heteroatoms. The van der Waals surface area contributed by atoms with Crippen LogP contribution >= 0.6 is 0 Å². The van der Waals surface area contributed by atoms with E-state index in [1.165, 1.54) is 7.11 Å². The number of hydrogen-bond acceptors (Lipinski definition) is 6.